The van der Waals surface area contributed by atoms with E-state index in [4.69, 9.17) is 50.0 Å². The topological polar surface area (TPSA) is 335 Å². The minimum absolute atomic E-state index is 0.00637. The van der Waals surface area contributed by atoms with Gasteiger partial charge in [-0.15, -0.1) is 10.2 Å². The van der Waals surface area contributed by atoms with Crippen LogP contribution in [0.2, 0.25) is 49.9 Å². The molecule has 3 aromatic heterocycles. The van der Waals surface area contributed by atoms with Crippen LogP contribution in [-0.2, 0) is 54.5 Å². The normalized spacial score (nSPS) is 11.4. The highest BCUT2D eigenvalue weighted by Crippen LogP contribution is 2.46. The molecule has 0 saturated heterocycles. The fraction of sp³-hybridized carbons (Fsp3) is 0.444. The van der Waals surface area contributed by atoms with Crippen LogP contribution in [0.3, 0.4) is 0 Å². The number of ether oxygens (including phenoxy) is 2. The van der Waals surface area contributed by atoms with Crippen molar-refractivity contribution in [3.63, 3.8) is 0 Å². The van der Waals surface area contributed by atoms with Gasteiger partial charge in [0.2, 0.25) is 30.8 Å². The van der Waals surface area contributed by atoms with E-state index in [0.29, 0.717) is 101 Å². The molecule has 0 fully saturated rings. The van der Waals surface area contributed by atoms with E-state index in [-0.39, 0.29) is 41.8 Å². The molecule has 1 amide bonds. The van der Waals surface area contributed by atoms with Crippen LogP contribution < -0.4 is 22.7 Å². The number of amides is 1. The summed E-state index contributed by atoms with van der Waals surface area (Å²) in [7, 11) is -2.71. The first kappa shape index (κ1) is 109. The van der Waals surface area contributed by atoms with Crippen LogP contribution in [0.25, 0.3) is 23.0 Å². The van der Waals surface area contributed by atoms with Crippen molar-refractivity contribution in [3.8, 4) is 23.0 Å². The number of hydrogen-bond donors (Lipinski definition) is 6. The van der Waals surface area contributed by atoms with E-state index in [1.54, 1.807) is 18.2 Å². The minimum Gasteiger partial charge on any atom is -0.478 e. The average Bonchev–Trinajstić information content (AvgIpc) is 1.66. The van der Waals surface area contributed by atoms with Crippen molar-refractivity contribution in [3.05, 3.63) is 228 Å². The molecule has 121 heavy (non-hydrogen) atoms. The van der Waals surface area contributed by atoms with Crippen molar-refractivity contribution < 1.29 is 56.6 Å². The molecule has 0 unspecified atom stereocenters. The molecule has 662 valence electrons. The fourth-order valence-corrected chi connectivity index (χ4v) is 33.3. The molecule has 0 spiro atoms. The number of carbonyl (C=O) groups excluding carboxylic acids is 3. The number of nitrogens with one attached hydrogen (secondary N) is 1. The van der Waals surface area contributed by atoms with Gasteiger partial charge >= 0.3 is 17.9 Å². The summed E-state index contributed by atoms with van der Waals surface area (Å²) in [5.41, 5.74) is 33.0. The van der Waals surface area contributed by atoms with Crippen LogP contribution in [0.4, 0.5) is 11.6 Å². The lowest BCUT2D eigenvalue weighted by Crippen LogP contribution is -2.47. The number of carboxylic acid groups (broad SMARTS) is 1. The van der Waals surface area contributed by atoms with Gasteiger partial charge in [0.15, 0.2) is 23.0 Å². The van der Waals surface area contributed by atoms with Crippen molar-refractivity contribution in [2.45, 2.75) is 248 Å². The first-order valence-corrected chi connectivity index (χ1v) is 51.6. The number of hydrogen-bond acceptors (Lipinski definition) is 20. The number of aliphatic hydroxyl groups is 1. The third-order valence-corrected chi connectivity index (χ3v) is 43.5. The zero-order valence-corrected chi connectivity index (χ0v) is 87.5. The SMILES string of the molecule is COC(=O)c1ccc(Br)c(C)c1.COC(=O)c1ccc(CO[Si](C(C)C)(C(C)C)C(C)C)cc1C.Cc1cc(CBr)ccc1-c1nnc(-c2nc(Br)cnc2N)o1.Cc1cc(CO)ccc1Br.Cc1cc(CO[Si](C(C)C)(C(C)C)C(C)C)ccc1Br.Cc1cc(CO[Si](C(C)C)(C(C)C)C(C)C)ccc1C(=O)O.NNC(=O)c1nc(Br)cnc1N. The molecule has 0 bridgehead atoms. The molecular formula is C90H126Br6N10O12Si3. The van der Waals surface area contributed by atoms with E-state index in [9.17, 15) is 19.2 Å². The zero-order valence-electron chi connectivity index (χ0n) is 74.9. The number of methoxy groups -OCH3 is 2. The van der Waals surface area contributed by atoms with Crippen LogP contribution in [0.5, 0.6) is 0 Å². The van der Waals surface area contributed by atoms with E-state index in [1.807, 2.05) is 107 Å². The zero-order chi connectivity index (χ0) is 91.9. The van der Waals surface area contributed by atoms with Crippen molar-refractivity contribution in [2.24, 2.45) is 5.84 Å². The molecule has 0 saturated carbocycles. The monoisotopic (exact) mass is 2100 g/mol. The summed E-state index contributed by atoms with van der Waals surface area (Å²) < 4.78 is 39.1. The summed E-state index contributed by atoms with van der Waals surface area (Å²) in [6.45, 7) is 55.2. The van der Waals surface area contributed by atoms with Gasteiger partial charge in [0.05, 0.1) is 69.7 Å². The maximum atomic E-state index is 11.7. The van der Waals surface area contributed by atoms with Crippen molar-refractivity contribution >= 4 is 156 Å². The summed E-state index contributed by atoms with van der Waals surface area (Å²) in [5.74, 6) is 3.80. The smallest absolute Gasteiger partial charge is 0.338 e. The Morgan fingerprint density at radius 1 is 0.446 bits per heavy atom. The maximum absolute atomic E-state index is 11.7. The van der Waals surface area contributed by atoms with Gasteiger partial charge in [-0.25, -0.2) is 40.2 Å². The average molecular weight is 2100 g/mol. The van der Waals surface area contributed by atoms with Gasteiger partial charge < -0.3 is 48.8 Å². The number of nitrogen functional groups attached to an aromatic ring is 3. The summed E-state index contributed by atoms with van der Waals surface area (Å²) in [6.07, 6.45) is 2.90. The summed E-state index contributed by atoms with van der Waals surface area (Å²) >= 11 is 20.0. The van der Waals surface area contributed by atoms with Gasteiger partial charge in [0.1, 0.15) is 9.21 Å². The van der Waals surface area contributed by atoms with Crippen LogP contribution in [0.1, 0.15) is 227 Å². The highest BCUT2D eigenvalue weighted by atomic mass is 79.9. The lowest BCUT2D eigenvalue weighted by atomic mass is 10.1. The van der Waals surface area contributed by atoms with Crippen molar-refractivity contribution in [1.82, 2.24) is 35.6 Å². The van der Waals surface area contributed by atoms with E-state index in [0.717, 1.165) is 71.0 Å². The second-order valence-electron chi connectivity index (χ2n) is 32.2. The van der Waals surface area contributed by atoms with Gasteiger partial charge in [0, 0.05) is 24.3 Å². The van der Waals surface area contributed by atoms with Crippen molar-refractivity contribution in [2.75, 3.05) is 25.7 Å². The maximum Gasteiger partial charge on any atom is 0.338 e. The number of hydrazine groups is 1. The molecule has 0 aliphatic carbocycles. The van der Waals surface area contributed by atoms with Crippen LogP contribution in [0.15, 0.2) is 149 Å². The van der Waals surface area contributed by atoms with Gasteiger partial charge in [0.25, 0.3) is 11.8 Å². The minimum atomic E-state index is -1.88. The molecule has 0 aliphatic rings. The number of esters is 2. The van der Waals surface area contributed by atoms with Crippen molar-refractivity contribution in [1.29, 1.82) is 0 Å². The summed E-state index contributed by atoms with van der Waals surface area (Å²) in [4.78, 5) is 60.5. The highest BCUT2D eigenvalue weighted by molar-refractivity contribution is 9.11. The number of anilines is 2. The number of aromatic nitrogens is 6. The molecule has 0 atom stereocenters. The van der Waals surface area contributed by atoms with E-state index >= 15 is 0 Å². The fourth-order valence-electron chi connectivity index (χ4n) is 15.4. The number of halogens is 6. The lowest BCUT2D eigenvalue weighted by molar-refractivity contribution is 0.0591. The first-order chi connectivity index (χ1) is 56.6. The second-order valence-corrected chi connectivity index (χ2v) is 53.3. The number of carbonyl (C=O) groups is 4. The molecule has 6 aromatic carbocycles. The standard InChI is InChI=1S/C19H32O3Si.C18H30O3Si.C17H29BrOSi.C14H11Br2N5O.C9H9BrO2.C8H9BrO.C5H6BrN5O/c1-13(2)23(14(3)4,15(5)6)22-12-17-9-10-18(16(7)11-17)19(20)21-8;1-12(2)22(13(3)4,14(5)6)21-11-16-8-9-17(18(19)20)15(7)10-16;1-12(2)20(13(3)4,14(5)6)19-11-16-8-9-17(18)15(7)10-16;1-7-4-8(5-15)2-3-9(7)13-20-21-14(22-13)11-12(17)18-6-10(16)19-11;1-6-5-7(9(11)12-2)3-4-8(6)10;1-6-4-7(5-10)2-3-8(6)9;6-2-1-9-4(7)3(10-2)5(12)11-8/h9-11,13-15H,12H2,1-8H3;8-10,12-14H,11H2,1-7H3,(H,19,20);8-10,12-14H,11H2,1-7H3;2-4,6H,5H2,1H3,(H2,17,18);3-5H,1-2H3;2-4,10H,5H2,1H3;1H,8H2,(H2,7,9)(H,11,12). The Hall–Kier alpha value is -6.57. The Balaban J connectivity index is 0.000000371. The van der Waals surface area contributed by atoms with Crippen LogP contribution >= 0.6 is 95.6 Å². The molecular weight excluding hydrogens is 1980 g/mol. The van der Waals surface area contributed by atoms with E-state index in [1.165, 1.54) is 47.8 Å². The predicted octanol–water partition coefficient (Wildman–Crippen LogP) is 25.3. The van der Waals surface area contributed by atoms with E-state index in [2.05, 4.69) is 286 Å². The first-order valence-electron chi connectivity index (χ1n) is 40.1. The van der Waals surface area contributed by atoms with Gasteiger partial charge in [-0.05, 0) is 233 Å². The van der Waals surface area contributed by atoms with E-state index < -0.39 is 36.8 Å². The van der Waals surface area contributed by atoms with Crippen LogP contribution in [-0.4, -0.2) is 103 Å². The number of aliphatic hydroxyl groups excluding tert-OH is 1. The summed E-state index contributed by atoms with van der Waals surface area (Å²) in [6, 6.07) is 35.0. The largest absolute Gasteiger partial charge is 0.478 e. The van der Waals surface area contributed by atoms with Gasteiger partial charge in [-0.1, -0.05) is 249 Å². The number of carboxylic acids is 1. The van der Waals surface area contributed by atoms with Crippen LogP contribution in [0, 0.1) is 41.5 Å². The third-order valence-electron chi connectivity index (χ3n) is 21.2. The molecule has 9 aromatic rings. The second kappa shape index (κ2) is 51.8. The Kier molecular flexibility index (Phi) is 46.5. The van der Waals surface area contributed by atoms with Gasteiger partial charge in [-0.2, -0.15) is 0 Å². The number of aromatic carboxylic acids is 1. The lowest BCUT2D eigenvalue weighted by Gasteiger charge is -2.42. The number of nitrogens with zero attached hydrogens (tertiary/aromatic N) is 6. The molecule has 0 radical (unpaired) electrons. The predicted molar refractivity (Wildman–Crippen MR) is 518 cm³/mol. The molecule has 9 N–H and O–H groups in total. The number of alkyl halides is 1. The Morgan fingerprint density at radius 2 is 0.802 bits per heavy atom. The molecule has 3 heterocycles. The Bertz CT molecular complexity index is 4780. The quantitative estimate of drug-likeness (QED) is 0.00732. The third kappa shape index (κ3) is 31.2. The molecule has 31 heteroatoms. The summed E-state index contributed by atoms with van der Waals surface area (Å²) in [5, 5.41) is 26.7. The number of aryl methyl sites for hydroxylation is 6. The highest BCUT2D eigenvalue weighted by Gasteiger charge is 2.47. The Labute approximate surface area is 771 Å². The van der Waals surface area contributed by atoms with Gasteiger partial charge in [-0.3, -0.25) is 10.2 Å². The molecule has 0 aliphatic heterocycles. The number of benzene rings is 6. The number of nitrogens with two attached hydrogens (primary N) is 3. The number of rotatable bonds is 26. The molecule has 9 rings (SSSR count). The molecule has 22 nitrogen and oxygen atoms in total. The Morgan fingerprint density at radius 3 is 1.17 bits per heavy atom.